The maximum Gasteiger partial charge on any atom is 0.321 e. The van der Waals surface area contributed by atoms with Crippen molar-refractivity contribution >= 4 is 5.97 Å². The van der Waals surface area contributed by atoms with Crippen molar-refractivity contribution in [3.63, 3.8) is 0 Å². The molecule has 2 rings (SSSR count). The molecule has 0 aliphatic carbocycles. The average Bonchev–Trinajstić information content (AvgIpc) is 2.68. The standard InChI is InChI=1S/C11H17N3O3/c1-11(2)4-3-5-14(9(11)10(15)16)6-8-12-7-13-17-8/h7,9H,3-6H2,1-2H3,(H,15,16). The van der Waals surface area contributed by atoms with Gasteiger partial charge < -0.3 is 9.63 Å². The van der Waals surface area contributed by atoms with Crippen LogP contribution in [0.1, 0.15) is 32.6 Å². The zero-order chi connectivity index (χ0) is 12.5. The molecule has 1 unspecified atom stereocenters. The van der Waals surface area contributed by atoms with Crippen LogP contribution in [0.5, 0.6) is 0 Å². The van der Waals surface area contributed by atoms with Gasteiger partial charge in [-0.15, -0.1) is 0 Å². The molecule has 0 amide bonds. The van der Waals surface area contributed by atoms with E-state index < -0.39 is 12.0 Å². The summed E-state index contributed by atoms with van der Waals surface area (Å²) in [4.78, 5) is 17.2. The Balaban J connectivity index is 2.16. The quantitative estimate of drug-likeness (QED) is 0.852. The Morgan fingerprint density at radius 1 is 1.71 bits per heavy atom. The average molecular weight is 239 g/mol. The van der Waals surface area contributed by atoms with Crippen LogP contribution >= 0.6 is 0 Å². The summed E-state index contributed by atoms with van der Waals surface area (Å²) in [6.45, 7) is 5.14. The number of carbonyl (C=O) groups is 1. The maximum atomic E-state index is 11.4. The number of aromatic nitrogens is 2. The number of piperidine rings is 1. The second-order valence-corrected chi connectivity index (χ2v) is 5.14. The Morgan fingerprint density at radius 3 is 3.06 bits per heavy atom. The van der Waals surface area contributed by atoms with E-state index >= 15 is 0 Å². The molecule has 1 saturated heterocycles. The van der Waals surface area contributed by atoms with Crippen molar-refractivity contribution in [1.29, 1.82) is 0 Å². The minimum Gasteiger partial charge on any atom is -0.480 e. The molecule has 0 saturated carbocycles. The molecule has 0 bridgehead atoms. The molecule has 1 atom stereocenters. The normalized spacial score (nSPS) is 24.7. The van der Waals surface area contributed by atoms with Crippen molar-refractivity contribution in [2.75, 3.05) is 6.54 Å². The molecule has 1 aromatic heterocycles. The second-order valence-electron chi connectivity index (χ2n) is 5.14. The minimum atomic E-state index is -0.783. The van der Waals surface area contributed by atoms with Crippen LogP contribution in [0.2, 0.25) is 0 Å². The molecule has 6 heteroatoms. The summed E-state index contributed by atoms with van der Waals surface area (Å²) < 4.78 is 4.94. The van der Waals surface area contributed by atoms with Crippen molar-refractivity contribution in [3.8, 4) is 0 Å². The summed E-state index contributed by atoms with van der Waals surface area (Å²) in [6.07, 6.45) is 3.25. The number of rotatable bonds is 3. The smallest absolute Gasteiger partial charge is 0.321 e. The molecule has 0 spiro atoms. The molecule has 1 aliphatic heterocycles. The summed E-state index contributed by atoms with van der Waals surface area (Å²) in [5.74, 6) is -0.317. The van der Waals surface area contributed by atoms with Crippen LogP contribution < -0.4 is 0 Å². The molecule has 1 aromatic rings. The highest BCUT2D eigenvalue weighted by Crippen LogP contribution is 2.35. The SMILES string of the molecule is CC1(C)CCCN(Cc2ncno2)C1C(=O)O. The summed E-state index contributed by atoms with van der Waals surface area (Å²) in [7, 11) is 0. The molecule has 0 aromatic carbocycles. The number of carboxylic acids is 1. The first kappa shape index (κ1) is 12.0. The lowest BCUT2D eigenvalue weighted by molar-refractivity contribution is -0.151. The lowest BCUT2D eigenvalue weighted by Crippen LogP contribution is -2.53. The van der Waals surface area contributed by atoms with Gasteiger partial charge in [-0.25, -0.2) is 0 Å². The Morgan fingerprint density at radius 2 is 2.47 bits per heavy atom. The molecule has 6 nitrogen and oxygen atoms in total. The van der Waals surface area contributed by atoms with Gasteiger partial charge in [0.2, 0.25) is 5.89 Å². The number of likely N-dealkylation sites (tertiary alicyclic amines) is 1. The number of nitrogens with zero attached hydrogens (tertiary/aromatic N) is 3. The molecule has 1 fully saturated rings. The van der Waals surface area contributed by atoms with Gasteiger partial charge in [0.15, 0.2) is 6.33 Å². The van der Waals surface area contributed by atoms with E-state index in [0.717, 1.165) is 19.4 Å². The van der Waals surface area contributed by atoms with Crippen molar-refractivity contribution in [3.05, 3.63) is 12.2 Å². The first-order valence-electron chi connectivity index (χ1n) is 5.73. The van der Waals surface area contributed by atoms with Gasteiger partial charge in [0, 0.05) is 0 Å². The minimum absolute atomic E-state index is 0.232. The maximum absolute atomic E-state index is 11.4. The highest BCUT2D eigenvalue weighted by molar-refractivity contribution is 5.74. The molecule has 0 radical (unpaired) electrons. The van der Waals surface area contributed by atoms with Crippen LogP contribution in [0.4, 0.5) is 0 Å². The summed E-state index contributed by atoms with van der Waals surface area (Å²) in [5, 5.41) is 12.9. The first-order chi connectivity index (χ1) is 8.00. The van der Waals surface area contributed by atoms with E-state index in [4.69, 9.17) is 4.52 Å². The van der Waals surface area contributed by atoms with E-state index in [0.29, 0.717) is 12.4 Å². The third-order valence-corrected chi connectivity index (χ3v) is 3.35. The Hall–Kier alpha value is -1.43. The van der Waals surface area contributed by atoms with E-state index in [-0.39, 0.29) is 5.41 Å². The third kappa shape index (κ3) is 2.46. The second kappa shape index (κ2) is 4.44. The fraction of sp³-hybridized carbons (Fsp3) is 0.727. The van der Waals surface area contributed by atoms with Gasteiger partial charge in [-0.2, -0.15) is 4.98 Å². The van der Waals surface area contributed by atoms with Gasteiger partial charge in [-0.05, 0) is 24.8 Å². The summed E-state index contributed by atoms with van der Waals surface area (Å²) in [6, 6.07) is -0.497. The van der Waals surface area contributed by atoms with Gasteiger partial charge in [0.1, 0.15) is 6.04 Å². The summed E-state index contributed by atoms with van der Waals surface area (Å²) in [5.41, 5.74) is -0.232. The van der Waals surface area contributed by atoms with Gasteiger partial charge in [0.25, 0.3) is 0 Å². The number of hydrogen-bond acceptors (Lipinski definition) is 5. The van der Waals surface area contributed by atoms with E-state index in [1.807, 2.05) is 18.7 Å². The monoisotopic (exact) mass is 239 g/mol. The highest BCUT2D eigenvalue weighted by atomic mass is 16.5. The van der Waals surface area contributed by atoms with Crippen LogP contribution in [0.3, 0.4) is 0 Å². The molecule has 94 valence electrons. The fourth-order valence-electron chi connectivity index (χ4n) is 2.60. The van der Waals surface area contributed by atoms with E-state index in [1.165, 1.54) is 6.33 Å². The Bertz CT molecular complexity index is 389. The van der Waals surface area contributed by atoms with Crippen LogP contribution in [0.15, 0.2) is 10.9 Å². The van der Waals surface area contributed by atoms with Gasteiger partial charge >= 0.3 is 5.97 Å². The van der Waals surface area contributed by atoms with Gasteiger partial charge in [-0.3, -0.25) is 9.69 Å². The molecule has 1 N–H and O–H groups in total. The molecule has 2 heterocycles. The third-order valence-electron chi connectivity index (χ3n) is 3.35. The highest BCUT2D eigenvalue weighted by Gasteiger charge is 2.42. The summed E-state index contributed by atoms with van der Waals surface area (Å²) >= 11 is 0. The van der Waals surface area contributed by atoms with Crippen molar-refractivity contribution in [2.24, 2.45) is 5.41 Å². The topological polar surface area (TPSA) is 79.5 Å². The lowest BCUT2D eigenvalue weighted by atomic mass is 9.76. The molecular formula is C11H17N3O3. The van der Waals surface area contributed by atoms with Crippen molar-refractivity contribution in [1.82, 2.24) is 15.0 Å². The zero-order valence-electron chi connectivity index (χ0n) is 10.1. The first-order valence-corrected chi connectivity index (χ1v) is 5.73. The molecule has 1 aliphatic rings. The van der Waals surface area contributed by atoms with E-state index in [2.05, 4.69) is 10.1 Å². The van der Waals surface area contributed by atoms with Crippen LogP contribution in [0, 0.1) is 5.41 Å². The Kier molecular flexibility index (Phi) is 3.15. The molecular weight excluding hydrogens is 222 g/mol. The predicted molar refractivity (Wildman–Crippen MR) is 59.1 cm³/mol. The Labute approximate surface area is 99.6 Å². The van der Waals surface area contributed by atoms with Crippen molar-refractivity contribution < 1.29 is 14.4 Å². The largest absolute Gasteiger partial charge is 0.480 e. The lowest BCUT2D eigenvalue weighted by Gasteiger charge is -2.43. The molecule has 17 heavy (non-hydrogen) atoms. The zero-order valence-corrected chi connectivity index (χ0v) is 10.1. The van der Waals surface area contributed by atoms with E-state index in [1.54, 1.807) is 0 Å². The van der Waals surface area contributed by atoms with Crippen LogP contribution in [-0.2, 0) is 11.3 Å². The fourth-order valence-corrected chi connectivity index (χ4v) is 2.60. The predicted octanol–water partition coefficient (Wildman–Crippen LogP) is 1.14. The number of aliphatic carboxylic acids is 1. The van der Waals surface area contributed by atoms with Gasteiger partial charge in [-0.1, -0.05) is 19.0 Å². The van der Waals surface area contributed by atoms with E-state index in [9.17, 15) is 9.90 Å². The van der Waals surface area contributed by atoms with Crippen molar-refractivity contribution in [2.45, 2.75) is 39.3 Å². The van der Waals surface area contributed by atoms with Crippen LogP contribution in [0.25, 0.3) is 0 Å². The van der Waals surface area contributed by atoms with Crippen LogP contribution in [-0.4, -0.2) is 38.7 Å². The number of carboxylic acid groups (broad SMARTS) is 1. The number of hydrogen-bond donors (Lipinski definition) is 1. The van der Waals surface area contributed by atoms with Gasteiger partial charge in [0.05, 0.1) is 6.54 Å².